The van der Waals surface area contributed by atoms with Crippen molar-refractivity contribution in [2.45, 2.75) is 6.61 Å². The van der Waals surface area contributed by atoms with E-state index >= 15 is 0 Å². The number of amides is 1. The number of benzene rings is 2. The predicted molar refractivity (Wildman–Crippen MR) is 71.0 cm³/mol. The zero-order valence-electron chi connectivity index (χ0n) is 9.72. The molecule has 1 radical (unpaired) electrons. The van der Waals surface area contributed by atoms with E-state index < -0.39 is 0 Å². The van der Waals surface area contributed by atoms with Gasteiger partial charge in [-0.25, -0.2) is 0 Å². The molecule has 0 aromatic heterocycles. The van der Waals surface area contributed by atoms with E-state index in [4.69, 9.17) is 4.65 Å². The van der Waals surface area contributed by atoms with Gasteiger partial charge in [0, 0.05) is 11.3 Å². The van der Waals surface area contributed by atoms with Crippen LogP contribution in [0, 0.1) is 0 Å². The van der Waals surface area contributed by atoms with Crippen molar-refractivity contribution in [3.63, 3.8) is 0 Å². The minimum Gasteiger partial charge on any atom is -0.430 e. The van der Waals surface area contributed by atoms with E-state index in [1.807, 2.05) is 36.4 Å². The maximum Gasteiger partial charge on any atom is 0.330 e. The highest BCUT2D eigenvalue weighted by Crippen LogP contribution is 2.13. The van der Waals surface area contributed by atoms with E-state index in [2.05, 4.69) is 5.32 Å². The molecule has 87 valence electrons. The van der Waals surface area contributed by atoms with E-state index in [1.165, 1.54) is 0 Å². The first-order valence-electron chi connectivity index (χ1n) is 5.77. The highest BCUT2D eigenvalue weighted by Gasteiger charge is 2.14. The molecule has 1 N–H and O–H groups in total. The minimum absolute atomic E-state index is 0.102. The van der Waals surface area contributed by atoms with Crippen LogP contribution in [0.1, 0.15) is 15.9 Å². The van der Waals surface area contributed by atoms with Gasteiger partial charge in [0.1, 0.15) is 0 Å². The maximum atomic E-state index is 12.0. The molecule has 4 heteroatoms. The van der Waals surface area contributed by atoms with Gasteiger partial charge in [-0.05, 0) is 35.3 Å². The molecule has 0 fully saturated rings. The Morgan fingerprint density at radius 3 is 2.83 bits per heavy atom. The Morgan fingerprint density at radius 1 is 1.17 bits per heavy atom. The Bertz CT molecular complexity index is 584. The Morgan fingerprint density at radius 2 is 2.00 bits per heavy atom. The topological polar surface area (TPSA) is 38.3 Å². The summed E-state index contributed by atoms with van der Waals surface area (Å²) in [5.74, 6) is -0.102. The summed E-state index contributed by atoms with van der Waals surface area (Å²) in [7, 11) is 1.72. The van der Waals surface area contributed by atoms with Gasteiger partial charge in [-0.1, -0.05) is 24.3 Å². The molecule has 0 saturated heterocycles. The Balaban J connectivity index is 1.79. The molecule has 0 saturated carbocycles. The van der Waals surface area contributed by atoms with Gasteiger partial charge in [-0.3, -0.25) is 4.79 Å². The van der Waals surface area contributed by atoms with Gasteiger partial charge in [-0.2, -0.15) is 0 Å². The summed E-state index contributed by atoms with van der Waals surface area (Å²) in [5.41, 5.74) is 3.61. The summed E-state index contributed by atoms with van der Waals surface area (Å²) < 4.78 is 5.22. The van der Waals surface area contributed by atoms with E-state index in [1.54, 1.807) is 19.6 Å². The number of hydrogen-bond donors (Lipinski definition) is 1. The molecule has 1 aliphatic rings. The second-order valence-electron chi connectivity index (χ2n) is 4.16. The van der Waals surface area contributed by atoms with Crippen LogP contribution in [0.4, 0.5) is 5.69 Å². The normalized spacial score (nSPS) is 12.7. The quantitative estimate of drug-likeness (QED) is 0.806. The fraction of sp³-hybridized carbons (Fsp3) is 0.0714. The van der Waals surface area contributed by atoms with Gasteiger partial charge in [0.2, 0.25) is 0 Å². The Kier molecular flexibility index (Phi) is 2.86. The lowest BCUT2D eigenvalue weighted by Crippen LogP contribution is -2.16. The van der Waals surface area contributed by atoms with E-state index in [0.29, 0.717) is 12.2 Å². The third kappa shape index (κ3) is 2.15. The standard InChI is InChI=1S/C14H11BNO2/c17-14(10-4-2-1-3-5-10)16-12-7-6-11-9-18-15-13(11)8-12/h1-8H,9H2,(H,16,17). The van der Waals surface area contributed by atoms with Crippen molar-refractivity contribution in [1.29, 1.82) is 0 Å². The summed E-state index contributed by atoms with van der Waals surface area (Å²) in [4.78, 5) is 12.0. The average molecular weight is 236 g/mol. The number of fused-ring (bicyclic) bond motifs is 1. The van der Waals surface area contributed by atoms with E-state index in [-0.39, 0.29) is 5.91 Å². The lowest BCUT2D eigenvalue weighted by atomic mass is 9.87. The van der Waals surface area contributed by atoms with E-state index in [0.717, 1.165) is 16.7 Å². The minimum atomic E-state index is -0.102. The van der Waals surface area contributed by atoms with Crippen LogP contribution in [-0.4, -0.2) is 13.4 Å². The molecule has 2 aromatic rings. The first-order valence-corrected chi connectivity index (χ1v) is 5.77. The molecule has 0 aliphatic carbocycles. The number of carbonyl (C=O) groups excluding carboxylic acids is 1. The summed E-state index contributed by atoms with van der Waals surface area (Å²) in [6.45, 7) is 0.613. The highest BCUT2D eigenvalue weighted by atomic mass is 16.4. The van der Waals surface area contributed by atoms with Crippen molar-refractivity contribution in [3.8, 4) is 0 Å². The summed E-state index contributed by atoms with van der Waals surface area (Å²) in [5, 5.41) is 2.87. The molecule has 1 heterocycles. The Hall–Kier alpha value is -2.07. The third-order valence-electron chi connectivity index (χ3n) is 2.89. The lowest BCUT2D eigenvalue weighted by molar-refractivity contribution is 0.102. The van der Waals surface area contributed by atoms with Crippen molar-refractivity contribution < 1.29 is 9.45 Å². The Labute approximate surface area is 106 Å². The SMILES string of the molecule is O=C(Nc1ccc2c(c1)[B]OC2)c1ccccc1. The summed E-state index contributed by atoms with van der Waals surface area (Å²) in [6, 6.07) is 14.9. The molecule has 2 aromatic carbocycles. The van der Waals surface area contributed by atoms with Crippen molar-refractivity contribution in [1.82, 2.24) is 0 Å². The molecule has 0 atom stereocenters. The van der Waals surface area contributed by atoms with Gasteiger partial charge >= 0.3 is 7.48 Å². The van der Waals surface area contributed by atoms with Gasteiger partial charge < -0.3 is 9.97 Å². The largest absolute Gasteiger partial charge is 0.430 e. The van der Waals surface area contributed by atoms with Gasteiger partial charge in [0.25, 0.3) is 5.91 Å². The first-order chi connectivity index (χ1) is 8.83. The molecule has 3 rings (SSSR count). The smallest absolute Gasteiger partial charge is 0.330 e. The fourth-order valence-electron chi connectivity index (χ4n) is 1.93. The predicted octanol–water partition coefficient (Wildman–Crippen LogP) is 1.71. The highest BCUT2D eigenvalue weighted by molar-refractivity contribution is 6.49. The van der Waals surface area contributed by atoms with Gasteiger partial charge in [0.05, 0.1) is 6.61 Å². The summed E-state index contributed by atoms with van der Waals surface area (Å²) in [6.07, 6.45) is 0. The number of anilines is 1. The first kappa shape index (κ1) is 11.0. The molecule has 0 bridgehead atoms. The van der Waals surface area contributed by atoms with Gasteiger partial charge in [0.15, 0.2) is 0 Å². The molecule has 1 amide bonds. The van der Waals surface area contributed by atoms with Crippen LogP contribution in [0.5, 0.6) is 0 Å². The second kappa shape index (κ2) is 4.66. The van der Waals surface area contributed by atoms with Crippen LogP contribution in [-0.2, 0) is 11.3 Å². The second-order valence-corrected chi connectivity index (χ2v) is 4.16. The number of nitrogens with one attached hydrogen (secondary N) is 1. The lowest BCUT2D eigenvalue weighted by Gasteiger charge is -2.06. The molecule has 18 heavy (non-hydrogen) atoms. The molecule has 3 nitrogen and oxygen atoms in total. The molecule has 0 spiro atoms. The zero-order chi connectivity index (χ0) is 12.4. The van der Waals surface area contributed by atoms with Crippen molar-refractivity contribution in [2.24, 2.45) is 0 Å². The van der Waals surface area contributed by atoms with Crippen LogP contribution >= 0.6 is 0 Å². The zero-order valence-corrected chi connectivity index (χ0v) is 9.72. The van der Waals surface area contributed by atoms with Crippen molar-refractivity contribution in [3.05, 3.63) is 59.7 Å². The van der Waals surface area contributed by atoms with Gasteiger partial charge in [-0.15, -0.1) is 0 Å². The number of hydrogen-bond acceptors (Lipinski definition) is 2. The summed E-state index contributed by atoms with van der Waals surface area (Å²) >= 11 is 0. The van der Waals surface area contributed by atoms with Crippen LogP contribution < -0.4 is 10.8 Å². The van der Waals surface area contributed by atoms with Crippen LogP contribution in [0.3, 0.4) is 0 Å². The van der Waals surface area contributed by atoms with Crippen LogP contribution in [0.2, 0.25) is 0 Å². The molecular weight excluding hydrogens is 225 g/mol. The molecule has 0 unspecified atom stereocenters. The van der Waals surface area contributed by atoms with Crippen LogP contribution in [0.15, 0.2) is 48.5 Å². The van der Waals surface area contributed by atoms with Crippen molar-refractivity contribution in [2.75, 3.05) is 5.32 Å². The van der Waals surface area contributed by atoms with Crippen LogP contribution in [0.25, 0.3) is 0 Å². The van der Waals surface area contributed by atoms with E-state index in [9.17, 15) is 4.79 Å². The molecular formula is C14H11BNO2. The maximum absolute atomic E-state index is 12.0. The monoisotopic (exact) mass is 236 g/mol. The third-order valence-corrected chi connectivity index (χ3v) is 2.89. The van der Waals surface area contributed by atoms with Crippen molar-refractivity contribution >= 4 is 24.5 Å². The average Bonchev–Trinajstić information content (AvgIpc) is 2.87. The molecule has 1 aliphatic heterocycles. The number of rotatable bonds is 2. The number of carbonyl (C=O) groups is 1. The fourth-order valence-corrected chi connectivity index (χ4v) is 1.93.